The van der Waals surface area contributed by atoms with Crippen molar-refractivity contribution in [3.63, 3.8) is 0 Å². The van der Waals surface area contributed by atoms with Gasteiger partial charge in [-0.3, -0.25) is 0 Å². The second-order valence-electron chi connectivity index (χ2n) is 8.02. The molecule has 2 aromatic carbocycles. The van der Waals surface area contributed by atoms with Gasteiger partial charge in [-0.2, -0.15) is 0 Å². The van der Waals surface area contributed by atoms with Crippen molar-refractivity contribution in [2.24, 2.45) is 5.41 Å². The number of rotatable bonds is 7. The molecule has 2 aromatic rings. The molecule has 0 aliphatic heterocycles. The summed E-state index contributed by atoms with van der Waals surface area (Å²) in [5.41, 5.74) is 4.64. The molecule has 0 saturated carbocycles. The molecule has 1 nitrogen and oxygen atoms in total. The Morgan fingerprint density at radius 1 is 1.07 bits per heavy atom. The molecule has 0 bridgehead atoms. The molecule has 0 amide bonds. The first-order valence-corrected chi connectivity index (χ1v) is 11.7. The largest absolute Gasteiger partial charge is 0.308 e. The fraction of sp³-hybridized carbons (Fsp3) is 0.269. The molecule has 3 rings (SSSR count). The van der Waals surface area contributed by atoms with Crippen LogP contribution in [0.4, 0.5) is 0 Å². The lowest BCUT2D eigenvalue weighted by Crippen LogP contribution is -2.18. The van der Waals surface area contributed by atoms with E-state index in [4.69, 9.17) is 0 Å². The van der Waals surface area contributed by atoms with Crippen LogP contribution in [0.2, 0.25) is 0 Å². The van der Waals surface area contributed by atoms with E-state index in [1.165, 1.54) is 5.57 Å². The van der Waals surface area contributed by atoms with Crippen LogP contribution >= 0.6 is 7.14 Å². The van der Waals surface area contributed by atoms with E-state index in [1.807, 2.05) is 66.7 Å². The Balaban J connectivity index is 2.28. The van der Waals surface area contributed by atoms with Crippen molar-refractivity contribution >= 4 is 17.8 Å². The topological polar surface area (TPSA) is 17.1 Å². The van der Waals surface area contributed by atoms with Gasteiger partial charge < -0.3 is 4.57 Å². The van der Waals surface area contributed by atoms with Gasteiger partial charge in [-0.1, -0.05) is 86.7 Å². The summed E-state index contributed by atoms with van der Waals surface area (Å²) in [6, 6.07) is 19.8. The second-order valence-corrected chi connectivity index (χ2v) is 10.7. The first-order chi connectivity index (χ1) is 13.5. The summed E-state index contributed by atoms with van der Waals surface area (Å²) in [5.74, 6) is 0. The average molecular weight is 388 g/mol. The van der Waals surface area contributed by atoms with Crippen molar-refractivity contribution in [2.45, 2.75) is 39.5 Å². The average Bonchev–Trinajstić information content (AvgIpc) is 3.23. The summed E-state index contributed by atoms with van der Waals surface area (Å²) in [4.78, 5) is 0. The van der Waals surface area contributed by atoms with Gasteiger partial charge >= 0.3 is 0 Å². The molecule has 0 fully saturated rings. The minimum Gasteiger partial charge on any atom is -0.308 e. The summed E-state index contributed by atoms with van der Waals surface area (Å²) >= 11 is 0. The molecule has 1 aliphatic carbocycles. The molecule has 0 radical (unpaired) electrons. The zero-order valence-electron chi connectivity index (χ0n) is 16.9. The van der Waals surface area contributed by atoms with E-state index >= 15 is 0 Å². The SMILES string of the molecule is C=CCC(C)(C)C=C=C(C1=CCCC1)P(=O)(c1ccccc1)c1ccccc1. The minimum absolute atomic E-state index is 0.0790. The lowest BCUT2D eigenvalue weighted by Gasteiger charge is -2.23. The van der Waals surface area contributed by atoms with Crippen LogP contribution in [0, 0.1) is 5.41 Å². The van der Waals surface area contributed by atoms with E-state index in [2.05, 4.69) is 38.3 Å². The Labute approximate surface area is 169 Å². The van der Waals surface area contributed by atoms with Gasteiger partial charge in [0.15, 0.2) is 7.14 Å². The lowest BCUT2D eigenvalue weighted by molar-refractivity contribution is 0.490. The van der Waals surface area contributed by atoms with Crippen molar-refractivity contribution in [2.75, 3.05) is 0 Å². The number of hydrogen-bond acceptors (Lipinski definition) is 1. The molecule has 0 heterocycles. The standard InChI is InChI=1S/C26H29OP/c1-4-20-26(2,3)21-19-25(22-13-11-12-14-22)28(27,23-15-7-5-8-16-23)24-17-9-6-10-18-24/h4-10,13,15-18,21H,1,11-12,14,20H2,2-3H3. The molecule has 28 heavy (non-hydrogen) atoms. The fourth-order valence-electron chi connectivity index (χ4n) is 3.65. The third kappa shape index (κ3) is 4.39. The van der Waals surface area contributed by atoms with Crippen LogP contribution in [0.5, 0.6) is 0 Å². The van der Waals surface area contributed by atoms with E-state index in [9.17, 15) is 4.57 Å². The summed E-state index contributed by atoms with van der Waals surface area (Å²) in [6.45, 7) is 8.20. The van der Waals surface area contributed by atoms with Crippen LogP contribution in [-0.2, 0) is 4.57 Å². The van der Waals surface area contributed by atoms with Gasteiger partial charge in [0.05, 0.1) is 5.31 Å². The molecule has 2 heteroatoms. The molecule has 0 atom stereocenters. The molecule has 0 saturated heterocycles. The molecule has 0 N–H and O–H groups in total. The Hall–Kier alpha value is -2.33. The van der Waals surface area contributed by atoms with Crippen LogP contribution in [0.1, 0.15) is 39.5 Å². The molecule has 0 unspecified atom stereocenters. The van der Waals surface area contributed by atoms with Crippen molar-refractivity contribution in [3.05, 3.63) is 102 Å². The molecule has 0 aromatic heterocycles. The fourth-order valence-corrected chi connectivity index (χ4v) is 6.50. The predicted octanol–water partition coefficient (Wildman–Crippen LogP) is 6.75. The van der Waals surface area contributed by atoms with Crippen molar-refractivity contribution in [3.8, 4) is 0 Å². The Kier molecular flexibility index (Phi) is 6.40. The van der Waals surface area contributed by atoms with Gasteiger partial charge in [-0.25, -0.2) is 0 Å². The highest BCUT2D eigenvalue weighted by Gasteiger charge is 2.34. The van der Waals surface area contributed by atoms with Crippen LogP contribution < -0.4 is 10.6 Å². The van der Waals surface area contributed by atoms with E-state index < -0.39 is 7.14 Å². The van der Waals surface area contributed by atoms with Crippen LogP contribution in [0.25, 0.3) is 0 Å². The van der Waals surface area contributed by atoms with Crippen molar-refractivity contribution in [1.82, 2.24) is 0 Å². The Morgan fingerprint density at radius 2 is 1.64 bits per heavy atom. The number of hydrogen-bond donors (Lipinski definition) is 0. The number of benzene rings is 2. The summed E-state index contributed by atoms with van der Waals surface area (Å²) in [7, 11) is -3.01. The first-order valence-electron chi connectivity index (χ1n) is 9.97. The van der Waals surface area contributed by atoms with Gasteiger partial charge in [0, 0.05) is 10.6 Å². The number of allylic oxidation sites excluding steroid dienone is 4. The minimum atomic E-state index is -3.01. The highest BCUT2D eigenvalue weighted by Crippen LogP contribution is 2.56. The predicted molar refractivity (Wildman–Crippen MR) is 122 cm³/mol. The highest BCUT2D eigenvalue weighted by atomic mass is 31.2. The molecular weight excluding hydrogens is 359 g/mol. The van der Waals surface area contributed by atoms with Crippen LogP contribution in [-0.4, -0.2) is 0 Å². The van der Waals surface area contributed by atoms with Crippen molar-refractivity contribution < 1.29 is 4.57 Å². The highest BCUT2D eigenvalue weighted by molar-refractivity contribution is 7.82. The summed E-state index contributed by atoms with van der Waals surface area (Å²) in [6.07, 6.45) is 10.2. The van der Waals surface area contributed by atoms with Gasteiger partial charge in [0.1, 0.15) is 0 Å². The Bertz CT molecular complexity index is 915. The quantitative estimate of drug-likeness (QED) is 0.291. The Morgan fingerprint density at radius 3 is 2.11 bits per heavy atom. The molecule has 0 spiro atoms. The van der Waals surface area contributed by atoms with Crippen LogP contribution in [0.15, 0.2) is 102 Å². The van der Waals surface area contributed by atoms with Gasteiger partial charge in [-0.05, 0) is 42.7 Å². The van der Waals surface area contributed by atoms with E-state index in [0.29, 0.717) is 0 Å². The molecular formula is C26H29OP. The van der Waals surface area contributed by atoms with E-state index in [0.717, 1.165) is 41.6 Å². The second kappa shape index (κ2) is 8.78. The maximum atomic E-state index is 14.8. The lowest BCUT2D eigenvalue weighted by atomic mass is 9.89. The first kappa shape index (κ1) is 20.4. The van der Waals surface area contributed by atoms with Crippen molar-refractivity contribution in [1.29, 1.82) is 0 Å². The van der Waals surface area contributed by atoms with E-state index in [1.54, 1.807) is 0 Å². The zero-order valence-corrected chi connectivity index (χ0v) is 17.8. The normalized spacial score (nSPS) is 14.1. The van der Waals surface area contributed by atoms with E-state index in [-0.39, 0.29) is 5.41 Å². The maximum absolute atomic E-state index is 14.8. The van der Waals surface area contributed by atoms with Gasteiger partial charge in [0.25, 0.3) is 0 Å². The van der Waals surface area contributed by atoms with Crippen LogP contribution in [0.3, 0.4) is 0 Å². The maximum Gasteiger partial charge on any atom is 0.178 e. The zero-order chi connectivity index (χ0) is 20.0. The third-order valence-electron chi connectivity index (χ3n) is 5.17. The summed E-state index contributed by atoms with van der Waals surface area (Å²) in [5, 5.41) is 2.59. The smallest absolute Gasteiger partial charge is 0.178 e. The molecule has 1 aliphatic rings. The third-order valence-corrected chi connectivity index (χ3v) is 8.27. The van der Waals surface area contributed by atoms with Gasteiger partial charge in [-0.15, -0.1) is 12.3 Å². The molecule has 144 valence electrons. The monoisotopic (exact) mass is 388 g/mol. The summed E-state index contributed by atoms with van der Waals surface area (Å²) < 4.78 is 14.8. The van der Waals surface area contributed by atoms with Gasteiger partial charge in [0.2, 0.25) is 0 Å².